The van der Waals surface area contributed by atoms with Gasteiger partial charge in [0.25, 0.3) is 0 Å². The highest BCUT2D eigenvalue weighted by Gasteiger charge is 2.08. The summed E-state index contributed by atoms with van der Waals surface area (Å²) in [5.41, 5.74) is 3.26. The summed E-state index contributed by atoms with van der Waals surface area (Å²) < 4.78 is 5.36. The van der Waals surface area contributed by atoms with Crippen molar-refractivity contribution in [2.45, 2.75) is 58.8 Å². The first-order valence-electron chi connectivity index (χ1n) is 11.1. The molecule has 0 aliphatic rings. The summed E-state index contributed by atoms with van der Waals surface area (Å²) in [7, 11) is 0. The number of aromatic nitrogens is 2. The maximum absolute atomic E-state index is 11.9. The van der Waals surface area contributed by atoms with Gasteiger partial charge >= 0.3 is 5.97 Å². The molecule has 0 bridgehead atoms. The van der Waals surface area contributed by atoms with Crippen LogP contribution >= 0.6 is 11.3 Å². The van der Waals surface area contributed by atoms with Crippen LogP contribution in [0.15, 0.2) is 60.7 Å². The Morgan fingerprint density at radius 2 is 1.52 bits per heavy atom. The summed E-state index contributed by atoms with van der Waals surface area (Å²) >= 11 is 1.68. The van der Waals surface area contributed by atoms with E-state index in [9.17, 15) is 4.79 Å². The molecule has 0 aliphatic heterocycles. The molecule has 0 fully saturated rings. The maximum atomic E-state index is 11.9. The normalized spacial score (nSPS) is 11.2. The number of hydrogen-bond acceptors (Lipinski definition) is 5. The van der Waals surface area contributed by atoms with E-state index in [-0.39, 0.29) is 5.97 Å². The molecule has 31 heavy (non-hydrogen) atoms. The zero-order chi connectivity index (χ0) is 21.9. The van der Waals surface area contributed by atoms with Crippen LogP contribution in [0.3, 0.4) is 0 Å². The molecule has 1 heterocycles. The number of nitrogens with zero attached hydrogens (tertiary/aromatic N) is 2. The molecule has 0 spiro atoms. The van der Waals surface area contributed by atoms with E-state index < -0.39 is 0 Å². The van der Waals surface area contributed by atoms with E-state index in [1.807, 2.05) is 30.3 Å². The minimum atomic E-state index is -0.334. The number of ether oxygens (including phenoxy) is 1. The van der Waals surface area contributed by atoms with Crippen molar-refractivity contribution in [2.24, 2.45) is 0 Å². The average molecular weight is 435 g/mol. The lowest BCUT2D eigenvalue weighted by molar-refractivity contribution is -0.129. The minimum Gasteiger partial charge on any atom is -0.423 e. The van der Waals surface area contributed by atoms with Gasteiger partial charge in [0.15, 0.2) is 0 Å². The second kappa shape index (κ2) is 12.2. The molecular formula is C26H30N2O2S. The summed E-state index contributed by atoms with van der Waals surface area (Å²) in [6.07, 6.45) is 11.1. The lowest BCUT2D eigenvalue weighted by Gasteiger charge is -2.05. The van der Waals surface area contributed by atoms with E-state index in [2.05, 4.69) is 48.3 Å². The number of carbonyl (C=O) groups excluding carboxylic acids is 1. The molecule has 0 radical (unpaired) electrons. The molecule has 0 amide bonds. The number of benzene rings is 2. The van der Waals surface area contributed by atoms with Crippen LogP contribution in [-0.2, 0) is 11.2 Å². The quantitative estimate of drug-likeness (QED) is 0.138. The molecule has 0 saturated carbocycles. The number of carbonyl (C=O) groups is 1. The number of rotatable bonds is 11. The van der Waals surface area contributed by atoms with Gasteiger partial charge in [0, 0.05) is 18.1 Å². The Kier molecular flexibility index (Phi) is 8.98. The molecule has 0 saturated heterocycles. The fourth-order valence-corrected chi connectivity index (χ4v) is 4.06. The summed E-state index contributed by atoms with van der Waals surface area (Å²) in [4.78, 5) is 11.9. The molecule has 0 aliphatic carbocycles. The maximum Gasteiger partial charge on any atom is 0.335 e. The minimum absolute atomic E-state index is 0.334. The van der Waals surface area contributed by atoms with Crippen LogP contribution in [0.1, 0.15) is 57.4 Å². The Hall–Kier alpha value is -2.79. The highest BCUT2D eigenvalue weighted by Crippen LogP contribution is 2.28. The summed E-state index contributed by atoms with van der Waals surface area (Å²) in [5, 5.41) is 10.8. The fourth-order valence-electron chi connectivity index (χ4n) is 3.17. The second-order valence-electron chi connectivity index (χ2n) is 7.53. The number of allylic oxidation sites excluding steroid dienone is 1. The average Bonchev–Trinajstić information content (AvgIpc) is 3.27. The molecular weight excluding hydrogens is 404 g/mol. The Morgan fingerprint density at radius 1 is 0.871 bits per heavy atom. The smallest absolute Gasteiger partial charge is 0.335 e. The number of aryl methyl sites for hydroxylation is 1. The summed E-state index contributed by atoms with van der Waals surface area (Å²) in [6.45, 7) is 4.34. The second-order valence-corrected chi connectivity index (χ2v) is 8.59. The van der Waals surface area contributed by atoms with Crippen LogP contribution in [-0.4, -0.2) is 16.2 Å². The summed E-state index contributed by atoms with van der Waals surface area (Å²) in [6, 6.07) is 15.9. The lowest BCUT2D eigenvalue weighted by Crippen LogP contribution is -2.03. The monoisotopic (exact) mass is 434 g/mol. The van der Waals surface area contributed by atoms with E-state index >= 15 is 0 Å². The van der Waals surface area contributed by atoms with Gasteiger partial charge in [-0.05, 0) is 36.1 Å². The van der Waals surface area contributed by atoms with Crippen molar-refractivity contribution >= 4 is 17.3 Å². The number of hydrogen-bond donors (Lipinski definition) is 0. The summed E-state index contributed by atoms with van der Waals surface area (Å²) in [5.74, 6) is 0.217. The van der Waals surface area contributed by atoms with E-state index in [4.69, 9.17) is 4.74 Å². The topological polar surface area (TPSA) is 52.1 Å². The Bertz CT molecular complexity index is 975. The standard InChI is InChI=1S/C26H30N2O2S/c1-3-5-7-9-11-25(29)30-23-18-16-21(17-19-23)20-12-14-22(15-13-20)26-28-27-24(31-26)10-8-6-4-2/h9,11-19H,3-8,10H2,1-2H3/b11-9+. The van der Waals surface area contributed by atoms with Gasteiger partial charge in [0.1, 0.15) is 15.8 Å². The molecule has 0 N–H and O–H groups in total. The van der Waals surface area contributed by atoms with Gasteiger partial charge in [-0.3, -0.25) is 0 Å². The first kappa shape index (κ1) is 22.9. The first-order chi connectivity index (χ1) is 15.2. The Labute approximate surface area is 189 Å². The van der Waals surface area contributed by atoms with Crippen molar-refractivity contribution in [1.82, 2.24) is 10.2 Å². The largest absolute Gasteiger partial charge is 0.423 e. The zero-order valence-electron chi connectivity index (χ0n) is 18.3. The molecule has 0 atom stereocenters. The molecule has 5 heteroatoms. The van der Waals surface area contributed by atoms with Crippen LogP contribution in [0.5, 0.6) is 5.75 Å². The van der Waals surface area contributed by atoms with Crippen LogP contribution in [0.2, 0.25) is 0 Å². The molecule has 3 aromatic rings. The first-order valence-corrected chi connectivity index (χ1v) is 11.9. The van der Waals surface area contributed by atoms with Gasteiger partial charge in [0.2, 0.25) is 0 Å². The SMILES string of the molecule is CCCC/C=C/C(=O)Oc1ccc(-c2ccc(-c3nnc(CCCCC)s3)cc2)cc1. The van der Waals surface area contributed by atoms with Crippen LogP contribution in [0.25, 0.3) is 21.7 Å². The van der Waals surface area contributed by atoms with Crippen molar-refractivity contribution in [3.63, 3.8) is 0 Å². The van der Waals surface area contributed by atoms with Crippen LogP contribution in [0.4, 0.5) is 0 Å². The van der Waals surface area contributed by atoms with Gasteiger partial charge < -0.3 is 4.74 Å². The molecule has 4 nitrogen and oxygen atoms in total. The van der Waals surface area contributed by atoms with Crippen molar-refractivity contribution < 1.29 is 9.53 Å². The van der Waals surface area contributed by atoms with E-state index in [0.717, 1.165) is 52.4 Å². The van der Waals surface area contributed by atoms with E-state index in [1.165, 1.54) is 25.3 Å². The molecule has 162 valence electrons. The predicted octanol–water partition coefficient (Wildman–Crippen LogP) is 7.26. The highest BCUT2D eigenvalue weighted by atomic mass is 32.1. The third kappa shape index (κ3) is 7.14. The highest BCUT2D eigenvalue weighted by molar-refractivity contribution is 7.14. The molecule has 2 aromatic carbocycles. The predicted molar refractivity (Wildman–Crippen MR) is 128 cm³/mol. The molecule has 3 rings (SSSR count). The van der Waals surface area contributed by atoms with E-state index in [0.29, 0.717) is 5.75 Å². The fraction of sp³-hybridized carbons (Fsp3) is 0.346. The molecule has 0 unspecified atom stereocenters. The Morgan fingerprint density at radius 3 is 2.19 bits per heavy atom. The molecule has 1 aromatic heterocycles. The van der Waals surface area contributed by atoms with Crippen LogP contribution in [0, 0.1) is 0 Å². The third-order valence-electron chi connectivity index (χ3n) is 4.98. The lowest BCUT2D eigenvalue weighted by atomic mass is 10.0. The number of unbranched alkanes of at least 4 members (excludes halogenated alkanes) is 4. The van der Waals surface area contributed by atoms with Crippen LogP contribution < -0.4 is 4.74 Å². The third-order valence-corrected chi connectivity index (χ3v) is 6.01. The van der Waals surface area contributed by atoms with Gasteiger partial charge in [0.05, 0.1) is 0 Å². The van der Waals surface area contributed by atoms with Crippen molar-refractivity contribution in [1.29, 1.82) is 0 Å². The van der Waals surface area contributed by atoms with Gasteiger partial charge in [-0.1, -0.05) is 93.3 Å². The van der Waals surface area contributed by atoms with Crippen molar-refractivity contribution in [2.75, 3.05) is 0 Å². The van der Waals surface area contributed by atoms with Gasteiger partial charge in [-0.25, -0.2) is 4.79 Å². The van der Waals surface area contributed by atoms with E-state index in [1.54, 1.807) is 11.3 Å². The van der Waals surface area contributed by atoms with Gasteiger partial charge in [-0.2, -0.15) is 0 Å². The van der Waals surface area contributed by atoms with Gasteiger partial charge in [-0.15, -0.1) is 10.2 Å². The van der Waals surface area contributed by atoms with Crippen molar-refractivity contribution in [3.8, 4) is 27.4 Å². The number of esters is 1. The Balaban J connectivity index is 1.58. The van der Waals surface area contributed by atoms with Crippen molar-refractivity contribution in [3.05, 3.63) is 65.7 Å². The zero-order valence-corrected chi connectivity index (χ0v) is 19.2.